The maximum Gasteiger partial charge on any atom is 0.252 e. The van der Waals surface area contributed by atoms with E-state index in [9.17, 15) is 0 Å². The zero-order chi connectivity index (χ0) is 62.3. The molecular weight excluding hydrogens is 1150 g/mol. The predicted molar refractivity (Wildman–Crippen MR) is 390 cm³/mol. The molecule has 0 radical (unpaired) electrons. The molecule has 12 aromatic carbocycles. The first-order chi connectivity index (χ1) is 46.2. The Bertz CT molecular complexity index is 5570. The van der Waals surface area contributed by atoms with Crippen LogP contribution in [0.4, 0.5) is 34.1 Å². The van der Waals surface area contributed by atoms with Gasteiger partial charge in [0.2, 0.25) is 17.9 Å². The van der Waals surface area contributed by atoms with Gasteiger partial charge in [-0.1, -0.05) is 209 Å². The van der Waals surface area contributed by atoms with E-state index in [1.807, 2.05) is 60.7 Å². The minimum atomic E-state index is -0.263. The fourth-order valence-electron chi connectivity index (χ4n) is 14.7. The number of para-hydroxylation sites is 4. The van der Waals surface area contributed by atoms with Gasteiger partial charge in [0.15, 0.2) is 17.5 Å². The number of nitrogens with zero attached hydrogens (tertiary/aromatic N) is 11. The van der Waals surface area contributed by atoms with Crippen LogP contribution >= 0.6 is 0 Å². The fourth-order valence-corrected chi connectivity index (χ4v) is 14.7. The van der Waals surface area contributed by atoms with Crippen molar-refractivity contribution in [1.82, 2.24) is 14.0 Å². The van der Waals surface area contributed by atoms with E-state index in [0.717, 1.165) is 78.8 Å². The number of benzene rings is 12. The molecule has 12 heteroatoms. The lowest BCUT2D eigenvalue weighted by Gasteiger charge is -2.45. The van der Waals surface area contributed by atoms with Crippen molar-refractivity contribution in [1.29, 1.82) is 0 Å². The highest BCUT2D eigenvalue weighted by atomic mass is 15.5. The highest BCUT2D eigenvalue weighted by molar-refractivity contribution is 7.00. The van der Waals surface area contributed by atoms with Crippen molar-refractivity contribution < 1.29 is 0 Å². The van der Waals surface area contributed by atoms with Crippen molar-refractivity contribution in [3.05, 3.63) is 307 Å². The molecule has 0 amide bonds. The lowest BCUT2D eigenvalue weighted by Crippen LogP contribution is -2.61. The molecule has 2 aromatic heterocycles. The summed E-state index contributed by atoms with van der Waals surface area (Å²) in [4.78, 5) is 37.2. The highest BCUT2D eigenvalue weighted by Gasteiger charge is 2.45. The SMILES string of the molecule is CC(C)(C)c1cc2c3c(c1)N(c1ccc(-c4ccccc4)cc1)c1cc(-n4c5ccccc5c5ccccc54)ccc1B3c1ccc(-n3c4ccccc4c4ccccc43)cc1N2c1ccc(C2=NC3=NC(c4ccccc4)=NC4=NC(c5ccccc5)=NC(=N2)N43)cc1. The van der Waals surface area contributed by atoms with E-state index in [4.69, 9.17) is 30.0 Å². The van der Waals surface area contributed by atoms with Gasteiger partial charge in [-0.15, -0.1) is 0 Å². The Hall–Kier alpha value is -12.3. The summed E-state index contributed by atoms with van der Waals surface area (Å²) in [7, 11) is 0. The van der Waals surface area contributed by atoms with Gasteiger partial charge in [0, 0.05) is 83.7 Å². The minimum absolute atomic E-state index is 0.167. The molecule has 94 heavy (non-hydrogen) atoms. The Kier molecular flexibility index (Phi) is 11.7. The normalized spacial score (nSPS) is 14.6. The highest BCUT2D eigenvalue weighted by Crippen LogP contribution is 2.48. The van der Waals surface area contributed by atoms with Crippen LogP contribution in [0.5, 0.6) is 0 Å². The topological polar surface area (TPSA) is 93.7 Å². The lowest BCUT2D eigenvalue weighted by atomic mass is 9.33. The van der Waals surface area contributed by atoms with Crippen molar-refractivity contribution in [3.63, 3.8) is 0 Å². The average molecular weight is 1210 g/mol. The monoisotopic (exact) mass is 1210 g/mol. The van der Waals surface area contributed by atoms with Gasteiger partial charge in [0.25, 0.3) is 6.71 Å². The second kappa shape index (κ2) is 20.6. The second-order valence-electron chi connectivity index (χ2n) is 25.6. The third-order valence-corrected chi connectivity index (χ3v) is 19.1. The lowest BCUT2D eigenvalue weighted by molar-refractivity contribution is 0.590. The molecule has 19 rings (SSSR count). The molecule has 14 aromatic rings. The quantitative estimate of drug-likeness (QED) is 0.142. The number of guanidine groups is 3. The van der Waals surface area contributed by atoms with E-state index < -0.39 is 0 Å². The summed E-state index contributed by atoms with van der Waals surface area (Å²) in [6.07, 6.45) is 0. The molecule has 0 aliphatic carbocycles. The molecule has 0 unspecified atom stereocenters. The smallest absolute Gasteiger partial charge is 0.252 e. The van der Waals surface area contributed by atoms with Gasteiger partial charge in [-0.25, -0.2) is 4.90 Å². The van der Waals surface area contributed by atoms with Crippen LogP contribution in [0.1, 0.15) is 43.0 Å². The third-order valence-electron chi connectivity index (χ3n) is 19.1. The number of aromatic nitrogens is 2. The summed E-state index contributed by atoms with van der Waals surface area (Å²) in [6, 6.07) is 103. The van der Waals surface area contributed by atoms with Crippen molar-refractivity contribution >= 4 is 136 Å². The zero-order valence-electron chi connectivity index (χ0n) is 51.6. The Morgan fingerprint density at radius 2 is 0.596 bits per heavy atom. The van der Waals surface area contributed by atoms with Crippen LogP contribution in [-0.4, -0.2) is 56.1 Å². The minimum Gasteiger partial charge on any atom is -0.311 e. The van der Waals surface area contributed by atoms with Crippen LogP contribution in [0.2, 0.25) is 0 Å². The van der Waals surface area contributed by atoms with E-state index >= 15 is 0 Å². The van der Waals surface area contributed by atoms with Crippen molar-refractivity contribution in [2.75, 3.05) is 9.80 Å². The number of aliphatic imine (C=N–C) groups is 6. The molecule has 7 heterocycles. The molecule has 0 saturated carbocycles. The van der Waals surface area contributed by atoms with Crippen LogP contribution < -0.4 is 26.2 Å². The number of amidine groups is 3. The van der Waals surface area contributed by atoms with Crippen molar-refractivity contribution in [2.45, 2.75) is 26.2 Å². The van der Waals surface area contributed by atoms with E-state index in [-0.39, 0.29) is 12.1 Å². The maximum absolute atomic E-state index is 5.20. The molecular formula is C82H56BN11. The van der Waals surface area contributed by atoms with Gasteiger partial charge >= 0.3 is 0 Å². The largest absolute Gasteiger partial charge is 0.311 e. The van der Waals surface area contributed by atoms with Gasteiger partial charge in [0.05, 0.1) is 22.1 Å². The number of anilines is 6. The first-order valence-electron chi connectivity index (χ1n) is 32.0. The van der Waals surface area contributed by atoms with Gasteiger partial charge in [-0.3, -0.25) is 0 Å². The molecule has 442 valence electrons. The van der Waals surface area contributed by atoms with Crippen LogP contribution in [-0.2, 0) is 5.41 Å². The molecule has 0 atom stereocenters. The van der Waals surface area contributed by atoms with Crippen molar-refractivity contribution in [2.24, 2.45) is 30.0 Å². The molecule has 5 aliphatic heterocycles. The zero-order valence-corrected chi connectivity index (χ0v) is 51.6. The molecule has 11 nitrogen and oxygen atoms in total. The van der Waals surface area contributed by atoms with Crippen LogP contribution in [0, 0.1) is 0 Å². The third kappa shape index (κ3) is 8.32. The molecule has 0 N–H and O–H groups in total. The van der Waals surface area contributed by atoms with E-state index in [2.05, 4.69) is 264 Å². The molecule has 0 fully saturated rings. The number of hydrogen-bond acceptors (Lipinski definition) is 9. The predicted octanol–water partition coefficient (Wildman–Crippen LogP) is 17.0. The van der Waals surface area contributed by atoms with E-state index in [1.165, 1.54) is 60.1 Å². The Balaban J connectivity index is 0.838. The number of fused-ring (bicyclic) bond motifs is 10. The first-order valence-corrected chi connectivity index (χ1v) is 32.0. The number of hydrogen-bond donors (Lipinski definition) is 0. The van der Waals surface area contributed by atoms with Crippen LogP contribution in [0.25, 0.3) is 66.1 Å². The van der Waals surface area contributed by atoms with E-state index in [1.54, 1.807) is 4.90 Å². The summed E-state index contributed by atoms with van der Waals surface area (Å²) in [6.45, 7) is 6.83. The standard InChI is InChI=1S/C82H56BN11/c1-82(2,3)56-47-73-75-74(48-56)91(58-41-37-55(38-42-58)78-88-80-86-76(53-23-9-5-10-24-53)84-79-85-77(54-25-11-6-12-26-54)87-81(89-78)94(79)80)72-50-60(93-69-33-19-15-29-63(69)64-30-16-20-34-70(64)93)44-46-66(72)83(75)65-45-43-59(92-67-31-17-13-27-61(67)62-28-14-18-32-68(62)92)49-71(65)90(73)57-39-35-52(36-40-57)51-21-7-4-8-22-51/h4-50H,1-3H3. The van der Waals surface area contributed by atoms with E-state index in [0.29, 0.717) is 35.4 Å². The summed E-state index contributed by atoms with van der Waals surface area (Å²) in [5, 5.41) is 4.88. The summed E-state index contributed by atoms with van der Waals surface area (Å²) in [5.74, 6) is 2.70. The van der Waals surface area contributed by atoms with Gasteiger partial charge < -0.3 is 18.9 Å². The van der Waals surface area contributed by atoms with Crippen molar-refractivity contribution in [3.8, 4) is 22.5 Å². The summed E-state index contributed by atoms with van der Waals surface area (Å²) in [5.41, 5.74) is 22.8. The molecule has 0 bridgehead atoms. The Labute approximate surface area is 543 Å². The van der Waals surface area contributed by atoms with Crippen LogP contribution in [0.15, 0.2) is 315 Å². The van der Waals surface area contributed by atoms with Gasteiger partial charge in [-0.05, 0) is 136 Å². The first kappa shape index (κ1) is 53.6. The van der Waals surface area contributed by atoms with Gasteiger partial charge in [0.1, 0.15) is 0 Å². The summed E-state index contributed by atoms with van der Waals surface area (Å²) < 4.78 is 4.88. The molecule has 0 spiro atoms. The Morgan fingerprint density at radius 3 is 0.979 bits per heavy atom. The fraction of sp³-hybridized carbons (Fsp3) is 0.0488. The average Bonchev–Trinajstić information content (AvgIpc) is 0.821. The summed E-state index contributed by atoms with van der Waals surface area (Å²) >= 11 is 0. The molecule has 5 aliphatic rings. The number of rotatable bonds is 8. The maximum atomic E-state index is 5.20. The second-order valence-corrected chi connectivity index (χ2v) is 25.6. The van der Waals surface area contributed by atoms with Crippen LogP contribution in [0.3, 0.4) is 0 Å². The molecule has 0 saturated heterocycles. The Morgan fingerprint density at radius 1 is 0.277 bits per heavy atom. The van der Waals surface area contributed by atoms with Gasteiger partial charge in [-0.2, -0.15) is 30.0 Å².